The van der Waals surface area contributed by atoms with Gasteiger partial charge in [0, 0.05) is 25.7 Å². The lowest BCUT2D eigenvalue weighted by Gasteiger charge is -2.35. The first kappa shape index (κ1) is 41.0. The first-order chi connectivity index (χ1) is 25.5. The normalized spacial score (nSPS) is 20.5. The summed E-state index contributed by atoms with van der Waals surface area (Å²) in [6.45, 7) is 8.88. The van der Waals surface area contributed by atoms with Crippen molar-refractivity contribution in [1.29, 1.82) is 0 Å². The zero-order chi connectivity index (χ0) is 39.1. The van der Waals surface area contributed by atoms with Gasteiger partial charge in [-0.05, 0) is 63.1 Å². The van der Waals surface area contributed by atoms with Crippen molar-refractivity contribution in [2.45, 2.75) is 88.9 Å². The summed E-state index contributed by atoms with van der Waals surface area (Å²) >= 11 is 0. The molecule has 2 saturated heterocycles. The fraction of sp³-hybridized carbons (Fsp3) is 0.595. The zero-order valence-electron chi connectivity index (χ0n) is 31.4. The van der Waals surface area contributed by atoms with E-state index in [9.17, 15) is 27.9 Å². The van der Waals surface area contributed by atoms with E-state index in [4.69, 9.17) is 28.4 Å². The highest BCUT2D eigenvalue weighted by molar-refractivity contribution is 7.89. The van der Waals surface area contributed by atoms with Crippen LogP contribution in [0.4, 0.5) is 9.59 Å². The molecule has 4 N–H and O–H groups in total. The molecule has 17 heteroatoms. The second-order valence-corrected chi connectivity index (χ2v) is 17.3. The lowest BCUT2D eigenvalue weighted by molar-refractivity contribution is -0.120. The van der Waals surface area contributed by atoms with Gasteiger partial charge >= 0.3 is 12.2 Å². The molecule has 298 valence electrons. The number of sulfonamides is 1. The van der Waals surface area contributed by atoms with Crippen molar-refractivity contribution in [1.82, 2.24) is 20.3 Å². The van der Waals surface area contributed by atoms with Gasteiger partial charge in [-0.2, -0.15) is 4.31 Å². The number of amides is 3. The van der Waals surface area contributed by atoms with E-state index >= 15 is 0 Å². The average Bonchev–Trinajstić information content (AvgIpc) is 3.85. The fourth-order valence-corrected chi connectivity index (χ4v) is 8.08. The van der Waals surface area contributed by atoms with Gasteiger partial charge in [0.05, 0.1) is 42.7 Å². The number of fused-ring (bicyclic) bond motifs is 2. The van der Waals surface area contributed by atoms with Gasteiger partial charge in [-0.25, -0.2) is 18.0 Å². The fourth-order valence-electron chi connectivity index (χ4n) is 6.42. The number of hydrogen-bond acceptors (Lipinski definition) is 12. The molecule has 54 heavy (non-hydrogen) atoms. The van der Waals surface area contributed by atoms with Crippen LogP contribution in [0.5, 0.6) is 11.5 Å². The third-order valence-corrected chi connectivity index (χ3v) is 11.0. The SMILES string of the molecule is CC(C)(CCNC(=O)CNC(=O)OC(C)(C)C)CN(C[C@H](O)[C@H](Cc1ccccc1)NC(=O)OC1COC2OCCC12)S(=O)(=O)c1ccc2c(c1)OCO2. The quantitative estimate of drug-likeness (QED) is 0.195. The zero-order valence-corrected chi connectivity index (χ0v) is 32.2. The topological polar surface area (TPSA) is 200 Å². The molecule has 5 rings (SSSR count). The number of aliphatic hydroxyl groups excluding tert-OH is 1. The van der Waals surface area contributed by atoms with Gasteiger partial charge in [-0.15, -0.1) is 0 Å². The molecule has 0 radical (unpaired) electrons. The second kappa shape index (κ2) is 17.5. The van der Waals surface area contributed by atoms with Crippen molar-refractivity contribution in [3.63, 3.8) is 0 Å². The summed E-state index contributed by atoms with van der Waals surface area (Å²) in [6.07, 6.45) is -2.62. The van der Waals surface area contributed by atoms with Gasteiger partial charge in [0.25, 0.3) is 0 Å². The predicted octanol–water partition coefficient (Wildman–Crippen LogP) is 2.92. The summed E-state index contributed by atoms with van der Waals surface area (Å²) in [7, 11) is -4.27. The van der Waals surface area contributed by atoms with Crippen molar-refractivity contribution in [3.8, 4) is 11.5 Å². The Morgan fingerprint density at radius 3 is 2.46 bits per heavy atom. The molecule has 0 spiro atoms. The Balaban J connectivity index is 1.30. The van der Waals surface area contributed by atoms with Crippen molar-refractivity contribution < 1.29 is 56.3 Å². The van der Waals surface area contributed by atoms with E-state index in [2.05, 4.69) is 16.0 Å². The molecule has 2 aromatic carbocycles. The lowest BCUT2D eigenvalue weighted by atomic mass is 9.89. The summed E-state index contributed by atoms with van der Waals surface area (Å²) in [4.78, 5) is 37.7. The molecule has 0 bridgehead atoms. The summed E-state index contributed by atoms with van der Waals surface area (Å²) in [6, 6.07) is 12.6. The minimum Gasteiger partial charge on any atom is -0.454 e. The molecule has 3 unspecified atom stereocenters. The second-order valence-electron chi connectivity index (χ2n) is 15.4. The Kier molecular flexibility index (Phi) is 13.3. The molecule has 3 aliphatic heterocycles. The number of rotatable bonds is 16. The lowest BCUT2D eigenvalue weighted by Crippen LogP contribution is -2.52. The first-order valence-corrected chi connectivity index (χ1v) is 19.5. The number of aliphatic hydroxyl groups is 1. The molecule has 2 fully saturated rings. The highest BCUT2D eigenvalue weighted by atomic mass is 32.2. The van der Waals surface area contributed by atoms with E-state index in [1.165, 1.54) is 22.5 Å². The maximum Gasteiger partial charge on any atom is 0.408 e. The van der Waals surface area contributed by atoms with Crippen molar-refractivity contribution >= 4 is 28.1 Å². The number of carbonyl (C=O) groups excluding carboxylic acids is 3. The molecule has 5 atom stereocenters. The Hall–Kier alpha value is -4.16. The third-order valence-electron chi connectivity index (χ3n) is 9.20. The van der Waals surface area contributed by atoms with Crippen LogP contribution in [0.2, 0.25) is 0 Å². The Labute approximate surface area is 316 Å². The third kappa shape index (κ3) is 11.4. The summed E-state index contributed by atoms with van der Waals surface area (Å²) in [5.74, 6) is 0.143. The predicted molar refractivity (Wildman–Crippen MR) is 194 cm³/mol. The van der Waals surface area contributed by atoms with Gasteiger partial charge in [-0.3, -0.25) is 4.79 Å². The number of carbonyl (C=O) groups is 3. The van der Waals surface area contributed by atoms with Gasteiger partial charge in [0.1, 0.15) is 11.7 Å². The van der Waals surface area contributed by atoms with Crippen LogP contribution in [0, 0.1) is 11.3 Å². The number of benzene rings is 2. The van der Waals surface area contributed by atoms with Crippen LogP contribution in [0.15, 0.2) is 53.4 Å². The van der Waals surface area contributed by atoms with Gasteiger partial charge < -0.3 is 49.5 Å². The maximum absolute atomic E-state index is 14.4. The van der Waals surface area contributed by atoms with E-state index in [1.54, 1.807) is 20.8 Å². The van der Waals surface area contributed by atoms with Gasteiger partial charge in [0.15, 0.2) is 17.8 Å². The molecule has 3 amide bonds. The molecule has 16 nitrogen and oxygen atoms in total. The van der Waals surface area contributed by atoms with Crippen LogP contribution < -0.4 is 25.4 Å². The molecule has 0 aromatic heterocycles. The van der Waals surface area contributed by atoms with Crippen molar-refractivity contribution in [2.24, 2.45) is 11.3 Å². The van der Waals surface area contributed by atoms with Crippen LogP contribution in [0.1, 0.15) is 53.0 Å². The minimum absolute atomic E-state index is 0.0440. The van der Waals surface area contributed by atoms with E-state index in [-0.39, 0.29) is 56.0 Å². The molecule has 0 aliphatic carbocycles. The Bertz CT molecular complexity index is 1720. The molecule has 3 aliphatic rings. The van der Waals surface area contributed by atoms with Crippen LogP contribution >= 0.6 is 0 Å². The molecular weight excluding hydrogens is 724 g/mol. The van der Waals surface area contributed by atoms with E-state index < -0.39 is 70.2 Å². The number of alkyl carbamates (subject to hydrolysis) is 2. The number of nitrogens with zero attached hydrogens (tertiary/aromatic N) is 1. The van der Waals surface area contributed by atoms with Crippen LogP contribution in [-0.4, -0.2) is 112 Å². The highest BCUT2D eigenvalue weighted by Gasteiger charge is 2.44. The first-order valence-electron chi connectivity index (χ1n) is 18.0. The number of ether oxygens (including phenoxy) is 6. The maximum atomic E-state index is 14.4. The largest absolute Gasteiger partial charge is 0.454 e. The van der Waals surface area contributed by atoms with Gasteiger partial charge in [0.2, 0.25) is 22.7 Å². The average molecular weight is 777 g/mol. The van der Waals surface area contributed by atoms with Crippen molar-refractivity contribution in [2.75, 3.05) is 46.2 Å². The van der Waals surface area contributed by atoms with E-state index in [1.807, 2.05) is 44.2 Å². The van der Waals surface area contributed by atoms with E-state index in [0.29, 0.717) is 25.2 Å². The summed E-state index contributed by atoms with van der Waals surface area (Å²) < 4.78 is 62.8. The standard InChI is InChI=1S/C37H52N4O12S/c1-36(2,3)53-34(44)39-19-32(43)38-15-14-37(4,5)22-41(54(46,47)25-11-12-29-30(18-25)51-23-50-29)20-28(42)27(17-24-9-7-6-8-10-24)40-35(45)52-31-21-49-33-26(31)13-16-48-33/h6-12,18,26-28,31,33,42H,13-17,19-23H2,1-5H3,(H,38,43)(H,39,44)(H,40,45)/t26?,27-,28-,31?,33?/m0/s1. The Morgan fingerprint density at radius 1 is 0.981 bits per heavy atom. The monoisotopic (exact) mass is 776 g/mol. The molecule has 3 heterocycles. The minimum atomic E-state index is -4.27. The number of nitrogens with one attached hydrogen (secondary N) is 3. The molecule has 0 saturated carbocycles. The number of hydrogen-bond donors (Lipinski definition) is 4. The smallest absolute Gasteiger partial charge is 0.408 e. The van der Waals surface area contributed by atoms with Crippen LogP contribution in [0.3, 0.4) is 0 Å². The van der Waals surface area contributed by atoms with Crippen LogP contribution in [0.25, 0.3) is 0 Å². The van der Waals surface area contributed by atoms with Gasteiger partial charge in [-0.1, -0.05) is 44.2 Å². The Morgan fingerprint density at radius 2 is 1.72 bits per heavy atom. The summed E-state index contributed by atoms with van der Waals surface area (Å²) in [5, 5.41) is 19.8. The molecular formula is C37H52N4O12S. The van der Waals surface area contributed by atoms with E-state index in [0.717, 1.165) is 5.56 Å². The van der Waals surface area contributed by atoms with Crippen LogP contribution in [-0.2, 0) is 40.2 Å². The molecule has 2 aromatic rings. The highest BCUT2D eigenvalue weighted by Crippen LogP contribution is 2.36. The summed E-state index contributed by atoms with van der Waals surface area (Å²) in [5.41, 5.74) is -0.650. The van der Waals surface area contributed by atoms with Crippen molar-refractivity contribution in [3.05, 3.63) is 54.1 Å².